The number of alkyl carbamates (subject to hydrolysis) is 1. The normalized spacial score (nSPS) is 12.8. The third kappa shape index (κ3) is 8.78. The molecule has 0 aliphatic carbocycles. The van der Waals surface area contributed by atoms with Crippen molar-refractivity contribution < 1.29 is 28.7 Å². The maximum Gasteiger partial charge on any atom is 0.408 e. The van der Waals surface area contributed by atoms with Gasteiger partial charge >= 0.3 is 12.1 Å². The van der Waals surface area contributed by atoms with E-state index in [0.29, 0.717) is 12.0 Å². The average molecular weight is 468 g/mol. The van der Waals surface area contributed by atoms with Crippen molar-refractivity contribution in [1.29, 1.82) is 0 Å². The highest BCUT2D eigenvalue weighted by atomic mass is 32.1. The number of nitrogens with one attached hydrogen (secondary N) is 2. The molecule has 0 saturated carbocycles. The van der Waals surface area contributed by atoms with E-state index < -0.39 is 41.6 Å². The molecule has 0 saturated heterocycles. The lowest BCUT2D eigenvalue weighted by atomic mass is 10.0. The first-order valence-electron chi connectivity index (χ1n) is 10.3. The van der Waals surface area contributed by atoms with Gasteiger partial charge in [0.25, 0.3) is 0 Å². The van der Waals surface area contributed by atoms with Crippen LogP contribution in [0.4, 0.5) is 4.79 Å². The number of hydrogen-bond donors (Lipinski definition) is 3. The van der Waals surface area contributed by atoms with Crippen LogP contribution in [0.25, 0.3) is 0 Å². The Morgan fingerprint density at radius 2 is 1.75 bits per heavy atom. The summed E-state index contributed by atoms with van der Waals surface area (Å²) in [5, 5.41) is 5.05. The highest BCUT2D eigenvalue weighted by Gasteiger charge is 2.35. The Kier molecular flexibility index (Phi) is 11.0. The molecule has 1 aromatic rings. The number of rotatable bonds is 10. The minimum atomic E-state index is -1.02. The van der Waals surface area contributed by atoms with Gasteiger partial charge in [-0.1, -0.05) is 37.3 Å². The van der Waals surface area contributed by atoms with E-state index in [1.54, 1.807) is 51.1 Å². The van der Waals surface area contributed by atoms with Crippen molar-refractivity contribution in [3.63, 3.8) is 0 Å². The van der Waals surface area contributed by atoms with E-state index in [1.807, 2.05) is 6.92 Å². The third-order valence-corrected chi connectivity index (χ3v) is 4.59. The van der Waals surface area contributed by atoms with E-state index in [9.17, 15) is 19.2 Å². The molecule has 1 aromatic carbocycles. The zero-order chi connectivity index (χ0) is 24.3. The largest absolute Gasteiger partial charge is 0.468 e. The second-order valence-corrected chi connectivity index (χ2v) is 8.39. The molecule has 32 heavy (non-hydrogen) atoms. The number of methoxy groups -OCH3 is 1. The summed E-state index contributed by atoms with van der Waals surface area (Å²) in [5.41, 5.74) is -0.176. The quantitative estimate of drug-likeness (QED) is 0.359. The minimum Gasteiger partial charge on any atom is -0.468 e. The van der Waals surface area contributed by atoms with Crippen LogP contribution in [-0.2, 0) is 23.9 Å². The second-order valence-electron chi connectivity index (χ2n) is 8.02. The fraction of sp³-hybridized carbons (Fsp3) is 0.545. The molecule has 0 aliphatic rings. The van der Waals surface area contributed by atoms with Crippen LogP contribution < -0.4 is 10.6 Å². The van der Waals surface area contributed by atoms with Crippen molar-refractivity contribution in [2.24, 2.45) is 0 Å². The van der Waals surface area contributed by atoms with Crippen LogP contribution >= 0.6 is 12.6 Å². The van der Waals surface area contributed by atoms with Crippen molar-refractivity contribution in [3.8, 4) is 0 Å². The highest BCUT2D eigenvalue weighted by molar-refractivity contribution is 7.80. The van der Waals surface area contributed by atoms with E-state index in [1.165, 1.54) is 12.0 Å². The lowest BCUT2D eigenvalue weighted by molar-refractivity contribution is -0.144. The molecule has 10 heteroatoms. The van der Waals surface area contributed by atoms with Gasteiger partial charge in [0, 0.05) is 12.3 Å². The summed E-state index contributed by atoms with van der Waals surface area (Å²) >= 11 is 4.21. The molecule has 3 amide bonds. The molecule has 0 fully saturated rings. The molecule has 9 nitrogen and oxygen atoms in total. The van der Waals surface area contributed by atoms with Crippen molar-refractivity contribution >= 4 is 36.5 Å². The summed E-state index contributed by atoms with van der Waals surface area (Å²) in [6.07, 6.45) is -0.196. The molecule has 1 rings (SSSR count). The van der Waals surface area contributed by atoms with E-state index >= 15 is 0 Å². The number of amides is 3. The standard InChI is InChI=1S/C22H33N3O6S/c1-6-12-25(20(28)16(14-32)24-21(29)31-22(2,3)4)18(15-10-8-7-9-11-15)19(27)23-13-17(26)30-5/h7-11,16,18,32H,6,12-14H2,1-5H3,(H,23,27)(H,24,29). The summed E-state index contributed by atoms with van der Waals surface area (Å²) in [7, 11) is 1.22. The number of hydrogen-bond acceptors (Lipinski definition) is 7. The van der Waals surface area contributed by atoms with E-state index in [2.05, 4.69) is 28.0 Å². The number of thiol groups is 1. The number of nitrogens with zero attached hydrogens (tertiary/aromatic N) is 1. The van der Waals surface area contributed by atoms with Crippen LogP contribution in [0.5, 0.6) is 0 Å². The lowest BCUT2D eigenvalue weighted by Crippen LogP contribution is -2.54. The average Bonchev–Trinajstić information content (AvgIpc) is 2.74. The highest BCUT2D eigenvalue weighted by Crippen LogP contribution is 2.23. The molecule has 0 bridgehead atoms. The van der Waals surface area contributed by atoms with Gasteiger partial charge in [-0.15, -0.1) is 0 Å². The minimum absolute atomic E-state index is 0.00355. The molecule has 0 heterocycles. The number of ether oxygens (including phenoxy) is 2. The van der Waals surface area contributed by atoms with Gasteiger partial charge in [-0.3, -0.25) is 14.4 Å². The molecule has 0 aromatic heterocycles. The monoisotopic (exact) mass is 467 g/mol. The fourth-order valence-electron chi connectivity index (χ4n) is 2.88. The van der Waals surface area contributed by atoms with Crippen molar-refractivity contribution in [2.75, 3.05) is 26.0 Å². The van der Waals surface area contributed by atoms with Crippen LogP contribution in [0, 0.1) is 0 Å². The number of carbonyl (C=O) groups is 4. The van der Waals surface area contributed by atoms with Gasteiger partial charge in [-0.05, 0) is 32.8 Å². The van der Waals surface area contributed by atoms with Crippen molar-refractivity contribution in [2.45, 2.75) is 51.8 Å². The fourth-order valence-corrected chi connectivity index (χ4v) is 3.13. The molecular weight excluding hydrogens is 434 g/mol. The second kappa shape index (κ2) is 12.9. The maximum absolute atomic E-state index is 13.4. The summed E-state index contributed by atoms with van der Waals surface area (Å²) in [6, 6.07) is 6.69. The van der Waals surface area contributed by atoms with Gasteiger partial charge in [0.2, 0.25) is 11.8 Å². The number of carbonyl (C=O) groups excluding carboxylic acids is 4. The number of benzene rings is 1. The van der Waals surface area contributed by atoms with Crippen LogP contribution in [0.2, 0.25) is 0 Å². The molecule has 0 spiro atoms. The Balaban J connectivity index is 3.22. The zero-order valence-electron chi connectivity index (χ0n) is 19.2. The zero-order valence-corrected chi connectivity index (χ0v) is 20.1. The molecule has 2 N–H and O–H groups in total. The van der Waals surface area contributed by atoms with Crippen LogP contribution in [-0.4, -0.2) is 66.4 Å². The predicted octanol–water partition coefficient (Wildman–Crippen LogP) is 2.08. The Bertz CT molecular complexity index is 782. The SMILES string of the molecule is CCCN(C(=O)C(CS)NC(=O)OC(C)(C)C)C(C(=O)NCC(=O)OC)c1ccccc1. The molecule has 2 atom stereocenters. The van der Waals surface area contributed by atoms with Gasteiger partial charge in [-0.25, -0.2) is 4.79 Å². The molecular formula is C22H33N3O6S. The van der Waals surface area contributed by atoms with E-state index in [4.69, 9.17) is 4.74 Å². The Hall–Kier alpha value is -2.75. The first-order valence-corrected chi connectivity index (χ1v) is 11.0. The Morgan fingerprint density at radius 1 is 1.12 bits per heavy atom. The molecule has 0 aliphatic heterocycles. The van der Waals surface area contributed by atoms with Gasteiger partial charge < -0.3 is 25.0 Å². The van der Waals surface area contributed by atoms with Crippen molar-refractivity contribution in [3.05, 3.63) is 35.9 Å². The van der Waals surface area contributed by atoms with Crippen LogP contribution in [0.15, 0.2) is 30.3 Å². The predicted molar refractivity (Wildman–Crippen MR) is 123 cm³/mol. The molecule has 2 unspecified atom stereocenters. The lowest BCUT2D eigenvalue weighted by Gasteiger charge is -2.34. The van der Waals surface area contributed by atoms with Crippen molar-refractivity contribution in [1.82, 2.24) is 15.5 Å². The van der Waals surface area contributed by atoms with Crippen LogP contribution in [0.1, 0.15) is 45.7 Å². The Labute approximate surface area is 194 Å². The van der Waals surface area contributed by atoms with Gasteiger partial charge in [0.15, 0.2) is 0 Å². The maximum atomic E-state index is 13.4. The smallest absolute Gasteiger partial charge is 0.408 e. The Morgan fingerprint density at radius 3 is 2.25 bits per heavy atom. The summed E-state index contributed by atoms with van der Waals surface area (Å²) in [4.78, 5) is 51.6. The summed E-state index contributed by atoms with van der Waals surface area (Å²) in [6.45, 7) is 6.91. The third-order valence-electron chi connectivity index (χ3n) is 4.23. The topological polar surface area (TPSA) is 114 Å². The van der Waals surface area contributed by atoms with Crippen LogP contribution in [0.3, 0.4) is 0 Å². The molecule has 0 radical (unpaired) electrons. The number of esters is 1. The summed E-state index contributed by atoms with van der Waals surface area (Å²) < 4.78 is 9.82. The van der Waals surface area contributed by atoms with Gasteiger partial charge in [-0.2, -0.15) is 12.6 Å². The van der Waals surface area contributed by atoms with Gasteiger partial charge in [0.1, 0.15) is 24.2 Å². The van der Waals surface area contributed by atoms with E-state index in [-0.39, 0.29) is 18.8 Å². The summed E-state index contributed by atoms with van der Waals surface area (Å²) in [5.74, 6) is -1.64. The first kappa shape index (κ1) is 27.3. The van der Waals surface area contributed by atoms with Gasteiger partial charge in [0.05, 0.1) is 7.11 Å². The van der Waals surface area contributed by atoms with E-state index in [0.717, 1.165) is 0 Å². The first-order chi connectivity index (χ1) is 15.0. The molecule has 178 valence electrons.